The molecule has 1 aromatic rings. The number of aryl methyl sites for hydroxylation is 1. The monoisotopic (exact) mass is 288 g/mol. The first kappa shape index (κ1) is 16.0. The molecule has 1 saturated carbocycles. The molecule has 2 unspecified atom stereocenters. The van der Waals surface area contributed by atoms with Crippen molar-refractivity contribution in [3.63, 3.8) is 0 Å². The first-order valence-electron chi connectivity index (χ1n) is 8.14. The van der Waals surface area contributed by atoms with Gasteiger partial charge in [-0.15, -0.1) is 0 Å². The third kappa shape index (κ3) is 4.57. The summed E-state index contributed by atoms with van der Waals surface area (Å²) in [6.45, 7) is 2.28. The molecular weight excluding hydrogens is 260 g/mol. The smallest absolute Gasteiger partial charge is 0.239 e. The van der Waals surface area contributed by atoms with Gasteiger partial charge in [0.05, 0.1) is 6.04 Å². The molecule has 3 nitrogen and oxygen atoms in total. The number of nitrogens with zero attached hydrogens (tertiary/aromatic N) is 1. The molecule has 21 heavy (non-hydrogen) atoms. The highest BCUT2D eigenvalue weighted by Gasteiger charge is 2.27. The fourth-order valence-electron chi connectivity index (χ4n) is 3.29. The number of carbonyl (C=O) groups is 1. The van der Waals surface area contributed by atoms with Gasteiger partial charge in [-0.3, -0.25) is 4.79 Å². The number of carbonyl (C=O) groups excluding carboxylic acids is 1. The van der Waals surface area contributed by atoms with Gasteiger partial charge in [-0.2, -0.15) is 0 Å². The molecule has 0 aromatic heterocycles. The van der Waals surface area contributed by atoms with Crippen LogP contribution in [0.1, 0.15) is 44.6 Å². The van der Waals surface area contributed by atoms with Crippen molar-refractivity contribution in [1.82, 2.24) is 4.90 Å². The second kappa shape index (κ2) is 7.60. The van der Waals surface area contributed by atoms with Gasteiger partial charge < -0.3 is 10.6 Å². The Morgan fingerprint density at radius 2 is 2.05 bits per heavy atom. The molecular formula is C18H28N2O. The zero-order valence-electron chi connectivity index (χ0n) is 13.3. The van der Waals surface area contributed by atoms with E-state index in [1.165, 1.54) is 18.4 Å². The topological polar surface area (TPSA) is 46.3 Å². The van der Waals surface area contributed by atoms with E-state index in [0.29, 0.717) is 6.04 Å². The molecule has 1 amide bonds. The molecule has 1 aliphatic rings. The normalized spacial score (nSPS) is 23.6. The van der Waals surface area contributed by atoms with Gasteiger partial charge in [0.15, 0.2) is 0 Å². The first-order valence-corrected chi connectivity index (χ1v) is 8.14. The summed E-state index contributed by atoms with van der Waals surface area (Å²) in [4.78, 5) is 14.4. The molecule has 0 saturated heterocycles. The van der Waals surface area contributed by atoms with Crippen LogP contribution in [-0.2, 0) is 11.2 Å². The number of benzene rings is 1. The number of hydrogen-bond donors (Lipinski definition) is 1. The van der Waals surface area contributed by atoms with E-state index in [2.05, 4.69) is 19.1 Å². The Kier molecular flexibility index (Phi) is 5.80. The summed E-state index contributed by atoms with van der Waals surface area (Å²) in [6.07, 6.45) is 6.34. The van der Waals surface area contributed by atoms with Gasteiger partial charge >= 0.3 is 0 Å². The maximum atomic E-state index is 12.5. The predicted molar refractivity (Wildman–Crippen MR) is 86.9 cm³/mol. The van der Waals surface area contributed by atoms with Crippen LogP contribution >= 0.6 is 0 Å². The fraction of sp³-hybridized carbons (Fsp3) is 0.611. The van der Waals surface area contributed by atoms with Crippen LogP contribution in [0.25, 0.3) is 0 Å². The van der Waals surface area contributed by atoms with Crippen molar-refractivity contribution in [1.29, 1.82) is 0 Å². The molecule has 2 N–H and O–H groups in total. The summed E-state index contributed by atoms with van der Waals surface area (Å²) in [5.74, 6) is 0.824. The molecule has 3 heteroatoms. The highest BCUT2D eigenvalue weighted by Crippen LogP contribution is 2.27. The second-order valence-corrected chi connectivity index (χ2v) is 6.51. The van der Waals surface area contributed by atoms with Gasteiger partial charge in [-0.25, -0.2) is 0 Å². The predicted octanol–water partition coefficient (Wildman–Crippen LogP) is 2.98. The van der Waals surface area contributed by atoms with Crippen LogP contribution < -0.4 is 5.73 Å². The van der Waals surface area contributed by atoms with Crippen molar-refractivity contribution in [3.8, 4) is 0 Å². The molecule has 0 aliphatic heterocycles. The Labute approximate surface area is 128 Å². The Morgan fingerprint density at radius 3 is 2.71 bits per heavy atom. The van der Waals surface area contributed by atoms with Gasteiger partial charge in [0, 0.05) is 13.1 Å². The minimum absolute atomic E-state index is 0.102. The van der Waals surface area contributed by atoms with E-state index >= 15 is 0 Å². The maximum Gasteiger partial charge on any atom is 0.239 e. The van der Waals surface area contributed by atoms with Crippen molar-refractivity contribution in [3.05, 3.63) is 35.9 Å². The Bertz CT molecular complexity index is 446. The Hall–Kier alpha value is -1.35. The van der Waals surface area contributed by atoms with Crippen LogP contribution in [0.2, 0.25) is 0 Å². The van der Waals surface area contributed by atoms with E-state index in [-0.39, 0.29) is 11.9 Å². The third-order valence-electron chi connectivity index (χ3n) is 4.71. The lowest BCUT2D eigenvalue weighted by atomic mass is 9.86. The van der Waals surface area contributed by atoms with Crippen LogP contribution in [0.15, 0.2) is 30.3 Å². The molecule has 1 fully saturated rings. The van der Waals surface area contributed by atoms with E-state index in [9.17, 15) is 4.79 Å². The number of rotatable bonds is 5. The average molecular weight is 288 g/mol. The fourth-order valence-corrected chi connectivity index (χ4v) is 3.29. The minimum Gasteiger partial charge on any atom is -0.341 e. The van der Waals surface area contributed by atoms with Gasteiger partial charge in [-0.1, -0.05) is 50.1 Å². The number of nitrogens with two attached hydrogens (primary N) is 1. The number of amides is 1. The largest absolute Gasteiger partial charge is 0.341 e. The quantitative estimate of drug-likeness (QED) is 0.905. The maximum absolute atomic E-state index is 12.5. The molecule has 0 radical (unpaired) electrons. The van der Waals surface area contributed by atoms with Gasteiger partial charge in [0.1, 0.15) is 0 Å². The summed E-state index contributed by atoms with van der Waals surface area (Å²) in [7, 11) is 1.92. The van der Waals surface area contributed by atoms with Gasteiger partial charge in [-0.05, 0) is 37.2 Å². The highest BCUT2D eigenvalue weighted by molar-refractivity contribution is 5.81. The molecule has 0 heterocycles. The average Bonchev–Trinajstić information content (AvgIpc) is 2.52. The Morgan fingerprint density at radius 1 is 1.33 bits per heavy atom. The van der Waals surface area contributed by atoms with E-state index in [1.807, 2.05) is 30.1 Å². The highest BCUT2D eigenvalue weighted by atomic mass is 16.2. The number of hydrogen-bond acceptors (Lipinski definition) is 2. The number of likely N-dealkylation sites (N-methyl/N-ethyl adjacent to an activating group) is 1. The van der Waals surface area contributed by atoms with Crippen molar-refractivity contribution in [2.45, 2.75) is 57.5 Å². The van der Waals surface area contributed by atoms with Crippen molar-refractivity contribution in [2.24, 2.45) is 11.7 Å². The van der Waals surface area contributed by atoms with Crippen molar-refractivity contribution >= 4 is 5.91 Å². The third-order valence-corrected chi connectivity index (χ3v) is 4.71. The summed E-state index contributed by atoms with van der Waals surface area (Å²) in [6, 6.07) is 10.2. The van der Waals surface area contributed by atoms with Crippen LogP contribution in [-0.4, -0.2) is 29.9 Å². The molecule has 3 atom stereocenters. The lowest BCUT2D eigenvalue weighted by Gasteiger charge is -2.35. The van der Waals surface area contributed by atoms with E-state index < -0.39 is 0 Å². The molecule has 1 aromatic carbocycles. The molecule has 0 spiro atoms. The summed E-state index contributed by atoms with van der Waals surface area (Å²) in [5.41, 5.74) is 7.36. The lowest BCUT2D eigenvalue weighted by molar-refractivity contribution is -0.134. The van der Waals surface area contributed by atoms with Crippen LogP contribution in [0.3, 0.4) is 0 Å². The van der Waals surface area contributed by atoms with Crippen LogP contribution in [0.4, 0.5) is 0 Å². The van der Waals surface area contributed by atoms with Gasteiger partial charge in [0.25, 0.3) is 0 Å². The molecule has 0 bridgehead atoms. The van der Waals surface area contributed by atoms with Crippen molar-refractivity contribution < 1.29 is 4.79 Å². The van der Waals surface area contributed by atoms with E-state index in [4.69, 9.17) is 5.73 Å². The molecule has 2 rings (SSSR count). The molecule has 116 valence electrons. The standard InChI is InChI=1S/C18H28N2O/c1-14-7-6-10-16(13-14)20(2)18(21)17(19)12-11-15-8-4-3-5-9-15/h3-5,8-9,14,16-17H,6-7,10-13,19H2,1-2H3/t14?,16?,17-/m0/s1. The zero-order chi connectivity index (χ0) is 15.2. The molecule has 1 aliphatic carbocycles. The SMILES string of the molecule is CC1CCCC(N(C)C(=O)[C@@H](N)CCc2ccccc2)C1. The summed E-state index contributed by atoms with van der Waals surface area (Å²) < 4.78 is 0. The minimum atomic E-state index is -0.382. The van der Waals surface area contributed by atoms with Crippen LogP contribution in [0, 0.1) is 5.92 Å². The van der Waals surface area contributed by atoms with Crippen molar-refractivity contribution in [2.75, 3.05) is 7.05 Å². The van der Waals surface area contributed by atoms with E-state index in [0.717, 1.165) is 31.6 Å². The summed E-state index contributed by atoms with van der Waals surface area (Å²) in [5, 5.41) is 0. The van der Waals surface area contributed by atoms with Gasteiger partial charge in [0.2, 0.25) is 5.91 Å². The summed E-state index contributed by atoms with van der Waals surface area (Å²) >= 11 is 0. The Balaban J connectivity index is 1.83. The lowest BCUT2D eigenvalue weighted by Crippen LogP contribution is -2.48. The first-order chi connectivity index (χ1) is 10.1. The second-order valence-electron chi connectivity index (χ2n) is 6.51. The zero-order valence-corrected chi connectivity index (χ0v) is 13.3. The van der Waals surface area contributed by atoms with Crippen LogP contribution in [0.5, 0.6) is 0 Å². The van der Waals surface area contributed by atoms with E-state index in [1.54, 1.807) is 0 Å².